The van der Waals surface area contributed by atoms with E-state index in [2.05, 4.69) is 0 Å². The third-order valence-corrected chi connectivity index (χ3v) is 3.12. The number of hydrogen-bond acceptors (Lipinski definition) is 5. The molecular formula is C15H13NO5. The minimum absolute atomic E-state index is 0.00881. The van der Waals surface area contributed by atoms with Crippen LogP contribution < -0.4 is 9.47 Å². The minimum Gasteiger partial charge on any atom is -0.489 e. The fourth-order valence-corrected chi connectivity index (χ4v) is 2.17. The number of fused-ring (bicyclic) bond motifs is 1. The Bertz CT molecular complexity index is 657. The van der Waals surface area contributed by atoms with Gasteiger partial charge < -0.3 is 14.2 Å². The van der Waals surface area contributed by atoms with Gasteiger partial charge in [0, 0.05) is 23.3 Å². The molecule has 21 heavy (non-hydrogen) atoms. The lowest BCUT2D eigenvalue weighted by molar-refractivity contribution is -0.385. The minimum atomic E-state index is -0.430. The van der Waals surface area contributed by atoms with Crippen LogP contribution in [-0.4, -0.2) is 11.7 Å². The first kappa shape index (κ1) is 13.4. The van der Waals surface area contributed by atoms with Crippen LogP contribution in [0, 0.1) is 10.1 Å². The number of rotatable bonds is 4. The van der Waals surface area contributed by atoms with E-state index in [0.29, 0.717) is 29.2 Å². The second-order valence-corrected chi connectivity index (χ2v) is 4.56. The predicted molar refractivity (Wildman–Crippen MR) is 74.2 cm³/mol. The fourth-order valence-electron chi connectivity index (χ4n) is 2.17. The molecule has 1 aliphatic heterocycles. The molecule has 1 heterocycles. The molecule has 0 aromatic heterocycles. The highest BCUT2D eigenvalue weighted by Gasteiger charge is 2.21. The molecule has 2 aromatic rings. The summed E-state index contributed by atoms with van der Waals surface area (Å²) in [5.41, 5.74) is 1.32. The normalized spacial score (nSPS) is 13.1. The molecule has 0 amide bonds. The molecule has 2 aromatic carbocycles. The smallest absolute Gasteiger partial charge is 0.270 e. The van der Waals surface area contributed by atoms with Gasteiger partial charge in [0.1, 0.15) is 18.1 Å². The molecule has 0 spiro atoms. The average molecular weight is 287 g/mol. The van der Waals surface area contributed by atoms with E-state index in [1.807, 2.05) is 30.3 Å². The largest absolute Gasteiger partial charge is 0.489 e. The first-order chi connectivity index (χ1) is 10.2. The number of nitrogens with zero attached hydrogens (tertiary/aromatic N) is 1. The molecule has 0 radical (unpaired) electrons. The van der Waals surface area contributed by atoms with E-state index in [9.17, 15) is 10.1 Å². The molecule has 3 rings (SSSR count). The lowest BCUT2D eigenvalue weighted by Gasteiger charge is -2.20. The van der Waals surface area contributed by atoms with Crippen molar-refractivity contribution in [2.24, 2.45) is 0 Å². The molecule has 0 aliphatic carbocycles. The van der Waals surface area contributed by atoms with Crippen LogP contribution in [0.15, 0.2) is 42.5 Å². The molecule has 0 fully saturated rings. The van der Waals surface area contributed by atoms with Gasteiger partial charge in [-0.05, 0) is 12.1 Å². The summed E-state index contributed by atoms with van der Waals surface area (Å²) < 4.78 is 16.3. The van der Waals surface area contributed by atoms with Crippen molar-refractivity contribution in [3.05, 3.63) is 63.7 Å². The highest BCUT2D eigenvalue weighted by Crippen LogP contribution is 2.33. The molecule has 0 bridgehead atoms. The number of ether oxygens (including phenoxy) is 3. The number of benzene rings is 2. The van der Waals surface area contributed by atoms with E-state index in [0.717, 1.165) is 0 Å². The standard InChI is InChI=1S/C15H13NO5/c17-16(18)13-6-11-8-19-10-21-15(11)12(7-13)9-20-14-4-2-1-3-5-14/h1-7H,8-10H2. The Kier molecular flexibility index (Phi) is 3.70. The van der Waals surface area contributed by atoms with Crippen molar-refractivity contribution >= 4 is 5.69 Å². The maximum absolute atomic E-state index is 11.0. The van der Waals surface area contributed by atoms with Gasteiger partial charge in [0.05, 0.1) is 11.5 Å². The van der Waals surface area contributed by atoms with Crippen LogP contribution in [-0.2, 0) is 18.0 Å². The van der Waals surface area contributed by atoms with Gasteiger partial charge in [0.2, 0.25) is 0 Å². The highest BCUT2D eigenvalue weighted by molar-refractivity contribution is 5.50. The van der Waals surface area contributed by atoms with Gasteiger partial charge >= 0.3 is 0 Å². The van der Waals surface area contributed by atoms with Crippen molar-refractivity contribution in [1.29, 1.82) is 0 Å². The van der Waals surface area contributed by atoms with Gasteiger partial charge in [0.25, 0.3) is 5.69 Å². The van der Waals surface area contributed by atoms with Crippen LogP contribution in [0.4, 0.5) is 5.69 Å². The number of non-ortho nitro benzene ring substituents is 1. The van der Waals surface area contributed by atoms with Crippen molar-refractivity contribution in [2.45, 2.75) is 13.2 Å². The predicted octanol–water partition coefficient (Wildman–Crippen LogP) is 3.04. The Hall–Kier alpha value is -2.60. The zero-order chi connectivity index (χ0) is 14.7. The summed E-state index contributed by atoms with van der Waals surface area (Å²) in [6, 6.07) is 12.2. The maximum Gasteiger partial charge on any atom is 0.270 e. The van der Waals surface area contributed by atoms with E-state index in [4.69, 9.17) is 14.2 Å². The third kappa shape index (κ3) is 2.95. The first-order valence-corrected chi connectivity index (χ1v) is 6.42. The SMILES string of the molecule is O=[N+]([O-])c1cc2c(c(COc3ccccc3)c1)OCOC2. The third-order valence-electron chi connectivity index (χ3n) is 3.12. The van der Waals surface area contributed by atoms with Crippen LogP contribution in [0.5, 0.6) is 11.5 Å². The van der Waals surface area contributed by atoms with Crippen LogP contribution in [0.3, 0.4) is 0 Å². The van der Waals surface area contributed by atoms with Crippen LogP contribution >= 0.6 is 0 Å². The number of nitro groups is 1. The molecular weight excluding hydrogens is 274 g/mol. The fraction of sp³-hybridized carbons (Fsp3) is 0.200. The molecule has 6 nitrogen and oxygen atoms in total. The quantitative estimate of drug-likeness (QED) is 0.638. The van der Waals surface area contributed by atoms with Crippen LogP contribution in [0.25, 0.3) is 0 Å². The summed E-state index contributed by atoms with van der Waals surface area (Å²) in [6.07, 6.45) is 0. The summed E-state index contributed by atoms with van der Waals surface area (Å²) in [5, 5.41) is 11.0. The summed E-state index contributed by atoms with van der Waals surface area (Å²) in [7, 11) is 0. The lowest BCUT2D eigenvalue weighted by Crippen LogP contribution is -2.14. The van der Waals surface area contributed by atoms with Gasteiger partial charge in [-0.3, -0.25) is 10.1 Å². The maximum atomic E-state index is 11.0. The summed E-state index contributed by atoms with van der Waals surface area (Å²) in [4.78, 5) is 10.6. The topological polar surface area (TPSA) is 70.8 Å². The summed E-state index contributed by atoms with van der Waals surface area (Å²) >= 11 is 0. The number of nitro benzene ring substituents is 1. The zero-order valence-corrected chi connectivity index (χ0v) is 11.2. The van der Waals surface area contributed by atoms with E-state index >= 15 is 0 Å². The van der Waals surface area contributed by atoms with Gasteiger partial charge in [0.15, 0.2) is 6.79 Å². The van der Waals surface area contributed by atoms with Gasteiger partial charge in [-0.15, -0.1) is 0 Å². The van der Waals surface area contributed by atoms with Crippen LogP contribution in [0.2, 0.25) is 0 Å². The Morgan fingerprint density at radius 1 is 1.24 bits per heavy atom. The molecule has 0 saturated carbocycles. The lowest BCUT2D eigenvalue weighted by atomic mass is 10.1. The van der Waals surface area contributed by atoms with Crippen molar-refractivity contribution in [2.75, 3.05) is 6.79 Å². The summed E-state index contributed by atoms with van der Waals surface area (Å²) in [6.45, 7) is 0.645. The molecule has 0 N–H and O–H groups in total. The molecule has 108 valence electrons. The Morgan fingerprint density at radius 3 is 2.81 bits per heavy atom. The van der Waals surface area contributed by atoms with E-state index in [1.54, 1.807) is 0 Å². The molecule has 1 aliphatic rings. The molecule has 0 unspecified atom stereocenters. The zero-order valence-electron chi connectivity index (χ0n) is 11.2. The van der Waals surface area contributed by atoms with Gasteiger partial charge in [-0.2, -0.15) is 0 Å². The average Bonchev–Trinajstić information content (AvgIpc) is 2.53. The molecule has 0 saturated heterocycles. The first-order valence-electron chi connectivity index (χ1n) is 6.42. The molecule has 0 atom stereocenters. The van der Waals surface area contributed by atoms with Crippen molar-refractivity contribution < 1.29 is 19.1 Å². The van der Waals surface area contributed by atoms with E-state index in [-0.39, 0.29) is 19.1 Å². The Morgan fingerprint density at radius 2 is 2.05 bits per heavy atom. The number of para-hydroxylation sites is 1. The van der Waals surface area contributed by atoms with Crippen LogP contribution in [0.1, 0.15) is 11.1 Å². The second kappa shape index (κ2) is 5.80. The summed E-state index contributed by atoms with van der Waals surface area (Å²) in [5.74, 6) is 1.31. The Balaban J connectivity index is 1.89. The van der Waals surface area contributed by atoms with Crippen molar-refractivity contribution in [3.63, 3.8) is 0 Å². The van der Waals surface area contributed by atoms with Gasteiger partial charge in [-0.1, -0.05) is 18.2 Å². The second-order valence-electron chi connectivity index (χ2n) is 4.56. The van der Waals surface area contributed by atoms with E-state index in [1.165, 1.54) is 12.1 Å². The van der Waals surface area contributed by atoms with E-state index < -0.39 is 4.92 Å². The highest BCUT2D eigenvalue weighted by atomic mass is 16.7. The molecule has 6 heteroatoms. The van der Waals surface area contributed by atoms with Crippen molar-refractivity contribution in [3.8, 4) is 11.5 Å². The van der Waals surface area contributed by atoms with Gasteiger partial charge in [-0.25, -0.2) is 0 Å². The Labute approximate surface area is 121 Å². The number of hydrogen-bond donors (Lipinski definition) is 0. The monoisotopic (exact) mass is 287 g/mol. The van der Waals surface area contributed by atoms with Crippen molar-refractivity contribution in [1.82, 2.24) is 0 Å².